The number of ether oxygens (including phenoxy) is 2. The van der Waals surface area contributed by atoms with E-state index in [1.165, 1.54) is 6.92 Å². The highest BCUT2D eigenvalue weighted by atomic mass is 127. The Labute approximate surface area is 156 Å². The molecule has 0 saturated heterocycles. The van der Waals surface area contributed by atoms with Gasteiger partial charge in [0.2, 0.25) is 0 Å². The summed E-state index contributed by atoms with van der Waals surface area (Å²) in [5, 5.41) is 10.7. The maximum atomic E-state index is 13.8. The van der Waals surface area contributed by atoms with E-state index in [2.05, 4.69) is 4.74 Å². The number of carboxylic acid groups (broad SMARTS) is 1. The van der Waals surface area contributed by atoms with Crippen molar-refractivity contribution >= 4 is 63.1 Å². The van der Waals surface area contributed by atoms with Crippen LogP contribution in [0.5, 0.6) is 5.75 Å². The molecular formula is C13H9F2I2O6-. The minimum atomic E-state index is -4.43. The lowest BCUT2D eigenvalue weighted by Crippen LogP contribution is -2.47. The molecule has 0 aromatic heterocycles. The summed E-state index contributed by atoms with van der Waals surface area (Å²) in [7, 11) is 0. The van der Waals surface area contributed by atoms with Gasteiger partial charge in [0.15, 0.2) is 11.9 Å². The minimum Gasteiger partial charge on any atom is -0.544 e. The van der Waals surface area contributed by atoms with Crippen LogP contribution in [0.15, 0.2) is 12.1 Å². The molecule has 23 heavy (non-hydrogen) atoms. The second kappa shape index (κ2) is 7.68. The number of hydrogen-bond donors (Lipinski definition) is 0. The normalized spacial score (nSPS) is 12.4. The summed E-state index contributed by atoms with van der Waals surface area (Å²) in [4.78, 5) is 32.7. The van der Waals surface area contributed by atoms with Crippen LogP contribution in [-0.4, -0.2) is 23.8 Å². The van der Waals surface area contributed by atoms with Crippen molar-refractivity contribution in [2.45, 2.75) is 25.9 Å². The van der Waals surface area contributed by atoms with Crippen LogP contribution in [0, 0.1) is 7.14 Å². The van der Waals surface area contributed by atoms with Crippen molar-refractivity contribution in [3.8, 4) is 5.75 Å². The second-order valence-corrected chi connectivity index (χ2v) is 6.63. The second-order valence-electron chi connectivity index (χ2n) is 4.31. The first-order chi connectivity index (χ1) is 10.5. The standard InChI is InChI=1S/C13H10F2I2O6/c1-5(18)22-10-8(16)3-7(4-9(10)17)11(23-6(2)19)13(14,15)12(20)21/h3-4,11H,1-2H3,(H,20,21)/p-1. The van der Waals surface area contributed by atoms with Gasteiger partial charge < -0.3 is 19.4 Å². The molecule has 0 aliphatic carbocycles. The van der Waals surface area contributed by atoms with Crippen molar-refractivity contribution in [3.63, 3.8) is 0 Å². The number of esters is 2. The van der Waals surface area contributed by atoms with Gasteiger partial charge in [-0.15, -0.1) is 0 Å². The van der Waals surface area contributed by atoms with Crippen molar-refractivity contribution < 1.29 is 37.7 Å². The summed E-state index contributed by atoms with van der Waals surface area (Å²) in [6, 6.07) is 2.29. The fraction of sp³-hybridized carbons (Fsp3) is 0.308. The summed E-state index contributed by atoms with van der Waals surface area (Å²) in [5.74, 6) is -8.64. The molecule has 1 aromatic rings. The number of halogens is 4. The highest BCUT2D eigenvalue weighted by Crippen LogP contribution is 2.38. The van der Waals surface area contributed by atoms with Gasteiger partial charge >= 0.3 is 17.9 Å². The Bertz CT molecular complexity index is 639. The van der Waals surface area contributed by atoms with Crippen molar-refractivity contribution in [1.82, 2.24) is 0 Å². The first-order valence-electron chi connectivity index (χ1n) is 5.90. The summed E-state index contributed by atoms with van der Waals surface area (Å²) in [6.45, 7) is 2.05. The molecule has 1 unspecified atom stereocenters. The van der Waals surface area contributed by atoms with E-state index in [4.69, 9.17) is 4.74 Å². The molecule has 0 fully saturated rings. The lowest BCUT2D eigenvalue weighted by Gasteiger charge is -2.27. The highest BCUT2D eigenvalue weighted by Gasteiger charge is 2.45. The fourth-order valence-corrected chi connectivity index (χ4v) is 3.63. The number of carbonyl (C=O) groups excluding carboxylic acids is 3. The van der Waals surface area contributed by atoms with Crippen LogP contribution in [0.1, 0.15) is 25.5 Å². The van der Waals surface area contributed by atoms with Crippen LogP contribution < -0.4 is 9.84 Å². The molecule has 1 atom stereocenters. The van der Waals surface area contributed by atoms with Crippen LogP contribution in [-0.2, 0) is 19.1 Å². The lowest BCUT2D eigenvalue weighted by atomic mass is 10.0. The van der Waals surface area contributed by atoms with Crippen molar-refractivity contribution in [2.75, 3.05) is 0 Å². The third-order valence-electron chi connectivity index (χ3n) is 2.45. The largest absolute Gasteiger partial charge is 0.544 e. The zero-order chi connectivity index (χ0) is 17.9. The molecular weight excluding hydrogens is 544 g/mol. The quantitative estimate of drug-likeness (QED) is 0.314. The van der Waals surface area contributed by atoms with Crippen LogP contribution in [0.4, 0.5) is 8.78 Å². The summed E-state index contributed by atoms with van der Waals surface area (Å²) in [5.41, 5.74) is -0.265. The van der Waals surface area contributed by atoms with E-state index in [0.717, 1.165) is 19.1 Å². The highest BCUT2D eigenvalue weighted by molar-refractivity contribution is 14.1. The van der Waals surface area contributed by atoms with Gasteiger partial charge in [-0.05, 0) is 57.3 Å². The fourth-order valence-electron chi connectivity index (χ4n) is 1.60. The number of hydrogen-bond acceptors (Lipinski definition) is 6. The van der Waals surface area contributed by atoms with Gasteiger partial charge in [0.05, 0.1) is 7.14 Å². The van der Waals surface area contributed by atoms with Crippen LogP contribution in [0.3, 0.4) is 0 Å². The van der Waals surface area contributed by atoms with Crippen LogP contribution >= 0.6 is 45.2 Å². The van der Waals surface area contributed by atoms with E-state index in [0.29, 0.717) is 0 Å². The monoisotopic (exact) mass is 553 g/mol. The molecule has 0 aliphatic rings. The molecule has 0 aliphatic heterocycles. The maximum Gasteiger partial charge on any atom is 0.327 e. The van der Waals surface area contributed by atoms with E-state index >= 15 is 0 Å². The Balaban J connectivity index is 3.41. The molecule has 6 nitrogen and oxygen atoms in total. The number of alkyl halides is 2. The molecule has 0 spiro atoms. The third kappa shape index (κ3) is 4.96. The van der Waals surface area contributed by atoms with Gasteiger partial charge in [-0.25, -0.2) is 0 Å². The Morgan fingerprint density at radius 3 is 1.96 bits per heavy atom. The molecule has 10 heteroatoms. The first-order valence-corrected chi connectivity index (χ1v) is 8.06. The lowest BCUT2D eigenvalue weighted by molar-refractivity contribution is -0.336. The average Bonchev–Trinajstić information content (AvgIpc) is 2.39. The Morgan fingerprint density at radius 2 is 1.61 bits per heavy atom. The molecule has 0 radical (unpaired) electrons. The van der Waals surface area contributed by atoms with E-state index < -0.39 is 29.9 Å². The van der Waals surface area contributed by atoms with E-state index in [9.17, 15) is 28.3 Å². The van der Waals surface area contributed by atoms with Gasteiger partial charge in [0.25, 0.3) is 0 Å². The molecule has 126 valence electrons. The molecule has 0 amide bonds. The van der Waals surface area contributed by atoms with Crippen LogP contribution in [0.25, 0.3) is 0 Å². The topological polar surface area (TPSA) is 92.7 Å². The maximum absolute atomic E-state index is 13.8. The van der Waals surface area contributed by atoms with Gasteiger partial charge in [-0.2, -0.15) is 8.78 Å². The molecule has 1 aromatic carbocycles. The van der Waals surface area contributed by atoms with Gasteiger partial charge in [-0.1, -0.05) is 0 Å². The average molecular weight is 553 g/mol. The van der Waals surface area contributed by atoms with Gasteiger partial charge in [0, 0.05) is 19.4 Å². The molecule has 0 heterocycles. The molecule has 0 bridgehead atoms. The summed E-state index contributed by atoms with van der Waals surface area (Å²) in [6.07, 6.45) is -2.36. The molecule has 0 N–H and O–H groups in total. The Kier molecular flexibility index (Phi) is 6.68. The Morgan fingerprint density at radius 1 is 1.13 bits per heavy atom. The summed E-state index contributed by atoms with van der Waals surface area (Å²) >= 11 is 3.45. The SMILES string of the molecule is CC(=O)Oc1c(I)cc(C(OC(C)=O)C(F)(F)C(=O)[O-])cc1I. The number of carboxylic acids is 1. The predicted molar refractivity (Wildman–Crippen MR) is 87.6 cm³/mol. The smallest absolute Gasteiger partial charge is 0.327 e. The predicted octanol–water partition coefficient (Wildman–Crippen LogP) is 1.81. The first kappa shape index (κ1) is 20.0. The minimum absolute atomic E-state index is 0.140. The van der Waals surface area contributed by atoms with E-state index in [1.54, 1.807) is 45.2 Å². The number of aliphatic carboxylic acids is 1. The van der Waals surface area contributed by atoms with E-state index in [1.807, 2.05) is 0 Å². The zero-order valence-corrected chi connectivity index (χ0v) is 16.0. The van der Waals surface area contributed by atoms with E-state index in [-0.39, 0.29) is 18.5 Å². The van der Waals surface area contributed by atoms with Gasteiger partial charge in [0.1, 0.15) is 5.97 Å². The number of benzene rings is 1. The van der Waals surface area contributed by atoms with Gasteiger partial charge in [-0.3, -0.25) is 9.59 Å². The van der Waals surface area contributed by atoms with Crippen molar-refractivity contribution in [3.05, 3.63) is 24.8 Å². The molecule has 1 rings (SSSR count). The zero-order valence-electron chi connectivity index (χ0n) is 11.7. The third-order valence-corrected chi connectivity index (χ3v) is 4.06. The number of rotatable bonds is 5. The summed E-state index contributed by atoms with van der Waals surface area (Å²) < 4.78 is 37.6. The Hall–Kier alpha value is -1.05. The molecule has 0 saturated carbocycles. The van der Waals surface area contributed by atoms with Crippen molar-refractivity contribution in [2.24, 2.45) is 0 Å². The number of carbonyl (C=O) groups is 3. The van der Waals surface area contributed by atoms with Crippen LogP contribution in [0.2, 0.25) is 0 Å². The van der Waals surface area contributed by atoms with Crippen molar-refractivity contribution in [1.29, 1.82) is 0 Å².